The molecule has 0 fully saturated rings. The van der Waals surface area contributed by atoms with Crippen LogP contribution in [0, 0.1) is 0 Å². The first-order chi connectivity index (χ1) is 13.0. The molecule has 7 heteroatoms. The molecule has 0 radical (unpaired) electrons. The summed E-state index contributed by atoms with van der Waals surface area (Å²) in [5, 5.41) is 12.2. The molecule has 1 atom stereocenters. The molecule has 1 aliphatic rings. The number of nitrogens with one attached hydrogen (secondary N) is 2. The van der Waals surface area contributed by atoms with Crippen LogP contribution in [-0.4, -0.2) is 29.1 Å². The molecular weight excluding hydrogens is 348 g/mol. The first-order valence-corrected chi connectivity index (χ1v) is 8.22. The summed E-state index contributed by atoms with van der Waals surface area (Å²) in [6, 6.07) is 17.6. The highest BCUT2D eigenvalue weighted by atomic mass is 16.7. The maximum absolute atomic E-state index is 12.5. The van der Waals surface area contributed by atoms with Crippen molar-refractivity contribution in [2.45, 2.75) is 5.79 Å². The van der Waals surface area contributed by atoms with E-state index in [2.05, 4.69) is 15.3 Å². The Bertz CT molecular complexity index is 1040. The lowest BCUT2D eigenvalue weighted by atomic mass is 9.92. The van der Waals surface area contributed by atoms with E-state index in [1.54, 1.807) is 36.4 Å². The highest BCUT2D eigenvalue weighted by Gasteiger charge is 2.51. The molecule has 3 aromatic rings. The van der Waals surface area contributed by atoms with Crippen LogP contribution < -0.4 is 5.48 Å². The summed E-state index contributed by atoms with van der Waals surface area (Å²) in [5.41, 5.74) is 3.34. The van der Waals surface area contributed by atoms with E-state index in [4.69, 9.17) is 4.74 Å². The lowest BCUT2D eigenvalue weighted by Crippen LogP contribution is -2.28. The number of cyclic esters (lactones) is 1. The molecule has 0 saturated carbocycles. The largest absolute Gasteiger partial charge is 0.420 e. The van der Waals surface area contributed by atoms with Crippen LogP contribution in [-0.2, 0) is 25.0 Å². The molecule has 1 unspecified atom stereocenters. The van der Waals surface area contributed by atoms with Crippen LogP contribution in [0.3, 0.4) is 0 Å². The summed E-state index contributed by atoms with van der Waals surface area (Å²) in [5.74, 6) is -3.85. The SMILES string of the molecule is CONC(=O)C1=C(c2cc3ccccc3[nH]2)C(O)(c2ccccc2)OC1=O. The molecular formula is C20H16N2O5. The number of ether oxygens (including phenoxy) is 1. The molecule has 136 valence electrons. The van der Waals surface area contributed by atoms with Gasteiger partial charge < -0.3 is 14.8 Å². The zero-order valence-corrected chi connectivity index (χ0v) is 14.4. The fraction of sp³-hybridized carbons (Fsp3) is 0.100. The summed E-state index contributed by atoms with van der Waals surface area (Å²) in [6.45, 7) is 0. The second-order valence-electron chi connectivity index (χ2n) is 6.06. The molecule has 27 heavy (non-hydrogen) atoms. The maximum atomic E-state index is 12.5. The molecule has 0 spiro atoms. The number of amides is 1. The van der Waals surface area contributed by atoms with Crippen molar-refractivity contribution in [3.8, 4) is 0 Å². The zero-order valence-electron chi connectivity index (χ0n) is 14.4. The van der Waals surface area contributed by atoms with E-state index in [1.807, 2.05) is 24.3 Å². The third-order valence-electron chi connectivity index (χ3n) is 4.42. The number of hydrogen-bond acceptors (Lipinski definition) is 5. The van der Waals surface area contributed by atoms with Crippen molar-refractivity contribution in [2.24, 2.45) is 0 Å². The van der Waals surface area contributed by atoms with Crippen LogP contribution in [0.1, 0.15) is 11.3 Å². The van der Waals surface area contributed by atoms with E-state index in [0.717, 1.165) is 10.9 Å². The number of carbonyl (C=O) groups is 2. The Balaban J connectivity index is 1.98. The highest BCUT2D eigenvalue weighted by molar-refractivity contribution is 6.24. The zero-order chi connectivity index (χ0) is 19.0. The molecule has 0 bridgehead atoms. The Morgan fingerprint density at radius 2 is 1.85 bits per heavy atom. The molecule has 2 aromatic carbocycles. The van der Waals surface area contributed by atoms with Crippen molar-refractivity contribution in [3.63, 3.8) is 0 Å². The number of carbonyl (C=O) groups excluding carboxylic acids is 2. The van der Waals surface area contributed by atoms with Crippen LogP contribution in [0.2, 0.25) is 0 Å². The predicted octanol–water partition coefficient (Wildman–Crippen LogP) is 2.00. The Hall–Kier alpha value is -3.42. The fourth-order valence-electron chi connectivity index (χ4n) is 3.25. The van der Waals surface area contributed by atoms with Crippen LogP contribution in [0.4, 0.5) is 0 Å². The minimum Gasteiger partial charge on any atom is -0.420 e. The van der Waals surface area contributed by atoms with Gasteiger partial charge >= 0.3 is 5.97 Å². The van der Waals surface area contributed by atoms with E-state index in [1.165, 1.54) is 7.11 Å². The molecule has 1 aromatic heterocycles. The smallest absolute Gasteiger partial charge is 0.347 e. The van der Waals surface area contributed by atoms with Gasteiger partial charge in [-0.05, 0) is 17.5 Å². The average Bonchev–Trinajstić information content (AvgIpc) is 3.21. The number of hydroxylamine groups is 1. The Labute approximate surface area is 154 Å². The number of H-pyrrole nitrogens is 1. The number of esters is 1. The van der Waals surface area contributed by atoms with Gasteiger partial charge in [0, 0.05) is 11.1 Å². The number of rotatable bonds is 4. The number of aliphatic hydroxyl groups is 1. The Kier molecular flexibility index (Phi) is 4.02. The third kappa shape index (κ3) is 2.69. The van der Waals surface area contributed by atoms with Gasteiger partial charge in [-0.2, -0.15) is 0 Å². The minimum absolute atomic E-state index is 0.0319. The lowest BCUT2D eigenvalue weighted by Gasteiger charge is -2.24. The Morgan fingerprint density at radius 3 is 2.56 bits per heavy atom. The van der Waals surface area contributed by atoms with Gasteiger partial charge in [0.2, 0.25) is 0 Å². The van der Waals surface area contributed by atoms with E-state index < -0.39 is 17.7 Å². The normalized spacial score (nSPS) is 19.4. The summed E-state index contributed by atoms with van der Waals surface area (Å²) in [7, 11) is 1.25. The van der Waals surface area contributed by atoms with E-state index in [9.17, 15) is 14.7 Å². The van der Waals surface area contributed by atoms with Crippen LogP contribution >= 0.6 is 0 Å². The van der Waals surface area contributed by atoms with Crippen molar-refractivity contribution >= 4 is 28.4 Å². The number of aromatic amines is 1. The van der Waals surface area contributed by atoms with Gasteiger partial charge in [-0.15, -0.1) is 0 Å². The van der Waals surface area contributed by atoms with Crippen molar-refractivity contribution < 1.29 is 24.3 Å². The number of fused-ring (bicyclic) bond motifs is 1. The average molecular weight is 364 g/mol. The van der Waals surface area contributed by atoms with Gasteiger partial charge in [0.05, 0.1) is 18.4 Å². The molecule has 2 heterocycles. The number of para-hydroxylation sites is 1. The molecule has 4 rings (SSSR count). The first kappa shape index (κ1) is 17.0. The van der Waals surface area contributed by atoms with Crippen LogP contribution in [0.5, 0.6) is 0 Å². The second kappa shape index (κ2) is 6.39. The number of aromatic nitrogens is 1. The Morgan fingerprint density at radius 1 is 1.15 bits per heavy atom. The monoisotopic (exact) mass is 364 g/mol. The van der Waals surface area contributed by atoms with Gasteiger partial charge in [0.15, 0.2) is 0 Å². The van der Waals surface area contributed by atoms with Crippen LogP contribution in [0.25, 0.3) is 16.5 Å². The van der Waals surface area contributed by atoms with E-state index >= 15 is 0 Å². The van der Waals surface area contributed by atoms with Crippen LogP contribution in [0.15, 0.2) is 66.2 Å². The molecule has 0 aliphatic carbocycles. The lowest BCUT2D eigenvalue weighted by molar-refractivity contribution is -0.179. The molecule has 7 nitrogen and oxygen atoms in total. The van der Waals surface area contributed by atoms with Gasteiger partial charge in [0.25, 0.3) is 11.7 Å². The van der Waals surface area contributed by atoms with Crippen molar-refractivity contribution in [3.05, 3.63) is 77.5 Å². The van der Waals surface area contributed by atoms with Gasteiger partial charge in [-0.3, -0.25) is 9.63 Å². The van der Waals surface area contributed by atoms with Crippen molar-refractivity contribution in [1.82, 2.24) is 10.5 Å². The van der Waals surface area contributed by atoms with Crippen molar-refractivity contribution in [2.75, 3.05) is 7.11 Å². The van der Waals surface area contributed by atoms with Gasteiger partial charge in [-0.1, -0.05) is 48.5 Å². The van der Waals surface area contributed by atoms with Crippen molar-refractivity contribution in [1.29, 1.82) is 0 Å². The topological polar surface area (TPSA) is 101 Å². The van der Waals surface area contributed by atoms with Gasteiger partial charge in [-0.25, -0.2) is 10.3 Å². The molecule has 1 amide bonds. The summed E-state index contributed by atoms with van der Waals surface area (Å²) in [4.78, 5) is 32.7. The summed E-state index contributed by atoms with van der Waals surface area (Å²) < 4.78 is 5.28. The molecule has 3 N–H and O–H groups in total. The molecule has 0 saturated heterocycles. The van der Waals surface area contributed by atoms with Gasteiger partial charge in [0.1, 0.15) is 5.57 Å². The summed E-state index contributed by atoms with van der Waals surface area (Å²) >= 11 is 0. The third-order valence-corrected chi connectivity index (χ3v) is 4.42. The molecule has 1 aliphatic heterocycles. The highest BCUT2D eigenvalue weighted by Crippen LogP contribution is 2.45. The predicted molar refractivity (Wildman–Crippen MR) is 96.8 cm³/mol. The number of benzene rings is 2. The minimum atomic E-state index is -2.11. The summed E-state index contributed by atoms with van der Waals surface area (Å²) in [6.07, 6.45) is 0. The van der Waals surface area contributed by atoms with E-state index in [0.29, 0.717) is 11.3 Å². The van der Waals surface area contributed by atoms with E-state index in [-0.39, 0.29) is 11.1 Å². The maximum Gasteiger partial charge on any atom is 0.347 e. The first-order valence-electron chi connectivity index (χ1n) is 8.22. The quantitative estimate of drug-likeness (QED) is 0.373. The standard InChI is InChI=1S/C20H16N2O5/c1-26-22-18(23)16-17(15-11-12-7-5-6-10-14(12)21-15)20(25,27-19(16)24)13-8-3-2-4-9-13/h2-11,21,25H,1H3,(H,22,23). The fourth-order valence-corrected chi connectivity index (χ4v) is 3.25. The number of hydrogen-bond donors (Lipinski definition) is 3. The second-order valence-corrected chi connectivity index (χ2v) is 6.06.